The maximum absolute atomic E-state index is 11.0. The highest BCUT2D eigenvalue weighted by atomic mass is 32.1. The molecule has 4 rings (SSSR count). The first-order valence-corrected chi connectivity index (χ1v) is 9.29. The Hall–Kier alpha value is -3.10. The van der Waals surface area contributed by atoms with Gasteiger partial charge in [0.1, 0.15) is 5.69 Å². The molecule has 7 nitrogen and oxygen atoms in total. The first kappa shape index (κ1) is 18.7. The Morgan fingerprint density at radius 1 is 1.22 bits per heavy atom. The van der Waals surface area contributed by atoms with Gasteiger partial charge in [-0.3, -0.25) is 4.98 Å². The Morgan fingerprint density at radius 3 is 2.78 bits per heavy atom. The van der Waals surface area contributed by atoms with Crippen LogP contribution in [-0.2, 0) is 6.54 Å². The standard InChI is InChI=1S/C13H8N2O2S.C6H11N3/c16-13(17)11-2-1-8-5-14-6-10(12(8)15-11)9-3-4-18-7-9;7-2-1-4-9-5-3-8-6-9/h1-7H,(H,16,17);3,5-6H,1-2,4,7H2. The quantitative estimate of drug-likeness (QED) is 0.549. The van der Waals surface area contributed by atoms with Gasteiger partial charge in [0.25, 0.3) is 0 Å². The molecule has 3 N–H and O–H groups in total. The molecule has 0 saturated heterocycles. The zero-order valence-electron chi connectivity index (χ0n) is 14.5. The van der Waals surface area contributed by atoms with Gasteiger partial charge in [-0.25, -0.2) is 14.8 Å². The van der Waals surface area contributed by atoms with E-state index in [0.717, 1.165) is 36.0 Å². The predicted molar refractivity (Wildman–Crippen MR) is 106 cm³/mol. The monoisotopic (exact) mass is 381 g/mol. The van der Waals surface area contributed by atoms with Crippen LogP contribution in [0, 0.1) is 0 Å². The molecule has 138 valence electrons. The lowest BCUT2D eigenvalue weighted by Crippen LogP contribution is -2.03. The maximum Gasteiger partial charge on any atom is 0.354 e. The number of hydrogen-bond donors (Lipinski definition) is 2. The zero-order valence-corrected chi connectivity index (χ0v) is 15.3. The van der Waals surface area contributed by atoms with Crippen molar-refractivity contribution in [2.75, 3.05) is 6.54 Å². The molecule has 4 aromatic heterocycles. The van der Waals surface area contributed by atoms with Gasteiger partial charge in [0, 0.05) is 42.3 Å². The van der Waals surface area contributed by atoms with Gasteiger partial charge in [0.2, 0.25) is 0 Å². The first-order valence-electron chi connectivity index (χ1n) is 8.35. The highest BCUT2D eigenvalue weighted by molar-refractivity contribution is 7.08. The van der Waals surface area contributed by atoms with E-state index in [4.69, 9.17) is 10.8 Å². The fourth-order valence-corrected chi connectivity index (χ4v) is 3.14. The summed E-state index contributed by atoms with van der Waals surface area (Å²) in [6.45, 7) is 1.73. The van der Waals surface area contributed by atoms with Crippen LogP contribution in [0.1, 0.15) is 16.9 Å². The van der Waals surface area contributed by atoms with Crippen molar-refractivity contribution in [1.29, 1.82) is 0 Å². The number of nitrogens with zero attached hydrogens (tertiary/aromatic N) is 4. The van der Waals surface area contributed by atoms with Crippen LogP contribution in [0.2, 0.25) is 0 Å². The molecule has 0 spiro atoms. The lowest BCUT2D eigenvalue weighted by atomic mass is 10.1. The molecule has 0 aliphatic rings. The van der Waals surface area contributed by atoms with Crippen molar-refractivity contribution in [1.82, 2.24) is 19.5 Å². The van der Waals surface area contributed by atoms with Crippen molar-refractivity contribution in [2.45, 2.75) is 13.0 Å². The Kier molecular flexibility index (Phi) is 6.24. The van der Waals surface area contributed by atoms with E-state index in [0.29, 0.717) is 5.52 Å². The van der Waals surface area contributed by atoms with E-state index in [1.165, 1.54) is 6.07 Å². The summed E-state index contributed by atoms with van der Waals surface area (Å²) < 4.78 is 2.02. The number of pyridine rings is 2. The largest absolute Gasteiger partial charge is 0.477 e. The summed E-state index contributed by atoms with van der Waals surface area (Å²) in [6.07, 6.45) is 9.94. The van der Waals surface area contributed by atoms with Crippen molar-refractivity contribution in [3.8, 4) is 11.1 Å². The summed E-state index contributed by atoms with van der Waals surface area (Å²) in [5.41, 5.74) is 7.89. The molecule has 0 radical (unpaired) electrons. The van der Waals surface area contributed by atoms with Crippen LogP contribution in [0.5, 0.6) is 0 Å². The fourth-order valence-electron chi connectivity index (χ4n) is 2.48. The number of imidazole rings is 1. The second-order valence-electron chi connectivity index (χ2n) is 5.72. The van der Waals surface area contributed by atoms with Gasteiger partial charge in [-0.2, -0.15) is 11.3 Å². The van der Waals surface area contributed by atoms with Crippen molar-refractivity contribution < 1.29 is 9.90 Å². The van der Waals surface area contributed by atoms with Crippen molar-refractivity contribution in [2.24, 2.45) is 5.73 Å². The van der Waals surface area contributed by atoms with E-state index in [9.17, 15) is 4.79 Å². The second-order valence-corrected chi connectivity index (χ2v) is 6.50. The summed E-state index contributed by atoms with van der Waals surface area (Å²) in [4.78, 5) is 23.2. The van der Waals surface area contributed by atoms with E-state index in [1.807, 2.05) is 27.6 Å². The number of carboxylic acid groups (broad SMARTS) is 1. The molecule has 4 aromatic rings. The molecule has 0 fully saturated rings. The van der Waals surface area contributed by atoms with E-state index in [1.54, 1.807) is 42.3 Å². The Balaban J connectivity index is 0.000000197. The summed E-state index contributed by atoms with van der Waals surface area (Å²) in [6, 6.07) is 5.19. The molecule has 27 heavy (non-hydrogen) atoms. The van der Waals surface area contributed by atoms with Crippen molar-refractivity contribution >= 4 is 28.2 Å². The van der Waals surface area contributed by atoms with Crippen LogP contribution in [0.25, 0.3) is 22.0 Å². The Bertz CT molecular complexity index is 1000. The number of thiophene rings is 1. The smallest absolute Gasteiger partial charge is 0.354 e. The van der Waals surface area contributed by atoms with Crippen LogP contribution < -0.4 is 5.73 Å². The lowest BCUT2D eigenvalue weighted by molar-refractivity contribution is 0.0691. The summed E-state index contributed by atoms with van der Waals surface area (Å²) in [7, 11) is 0. The number of aryl methyl sites for hydroxylation is 1. The number of rotatable bonds is 5. The minimum absolute atomic E-state index is 0.0465. The molecule has 0 bridgehead atoms. The van der Waals surface area contributed by atoms with Gasteiger partial charge in [-0.15, -0.1) is 0 Å². The van der Waals surface area contributed by atoms with Crippen LogP contribution in [0.3, 0.4) is 0 Å². The molecule has 8 heteroatoms. The summed E-state index contributed by atoms with van der Waals surface area (Å²) in [5, 5.41) is 13.8. The minimum atomic E-state index is -1.02. The first-order chi connectivity index (χ1) is 13.2. The average molecular weight is 381 g/mol. The molecule has 0 amide bonds. The number of carbonyl (C=O) groups is 1. The van der Waals surface area contributed by atoms with Crippen LogP contribution >= 0.6 is 11.3 Å². The lowest BCUT2D eigenvalue weighted by Gasteiger charge is -2.04. The van der Waals surface area contributed by atoms with Gasteiger partial charge in [0.15, 0.2) is 0 Å². The van der Waals surface area contributed by atoms with Crippen molar-refractivity contribution in [3.05, 3.63) is 65.8 Å². The number of aromatic nitrogens is 4. The number of nitrogens with two attached hydrogens (primary N) is 1. The number of aromatic carboxylic acids is 1. The molecular formula is C19H19N5O2S. The molecule has 0 saturated carbocycles. The van der Waals surface area contributed by atoms with E-state index in [2.05, 4.69) is 15.0 Å². The number of carboxylic acids is 1. The molecular weight excluding hydrogens is 362 g/mol. The molecule has 0 aromatic carbocycles. The van der Waals surface area contributed by atoms with Gasteiger partial charge >= 0.3 is 5.97 Å². The molecule has 0 unspecified atom stereocenters. The molecule has 4 heterocycles. The molecule has 0 atom stereocenters. The SMILES string of the molecule is NCCCn1ccnc1.O=C(O)c1ccc2cncc(-c3ccsc3)c2n1. The fraction of sp³-hybridized carbons (Fsp3) is 0.158. The predicted octanol–water partition coefficient (Wildman–Crippen LogP) is 3.29. The summed E-state index contributed by atoms with van der Waals surface area (Å²) in [5.74, 6) is -1.02. The number of fused-ring (bicyclic) bond motifs is 1. The van der Waals surface area contributed by atoms with Crippen LogP contribution in [0.4, 0.5) is 0 Å². The highest BCUT2D eigenvalue weighted by Crippen LogP contribution is 2.28. The zero-order chi connectivity index (χ0) is 19.1. The third-order valence-corrected chi connectivity index (χ3v) is 4.51. The second kappa shape index (κ2) is 9.02. The highest BCUT2D eigenvalue weighted by Gasteiger charge is 2.10. The van der Waals surface area contributed by atoms with E-state index >= 15 is 0 Å². The minimum Gasteiger partial charge on any atom is -0.477 e. The average Bonchev–Trinajstić information content (AvgIpc) is 3.40. The normalized spacial score (nSPS) is 10.4. The maximum atomic E-state index is 11.0. The van der Waals surface area contributed by atoms with Crippen molar-refractivity contribution in [3.63, 3.8) is 0 Å². The third-order valence-electron chi connectivity index (χ3n) is 3.83. The summed E-state index contributed by atoms with van der Waals surface area (Å²) >= 11 is 1.58. The topological polar surface area (TPSA) is 107 Å². The van der Waals surface area contributed by atoms with Gasteiger partial charge < -0.3 is 15.4 Å². The molecule has 0 aliphatic heterocycles. The van der Waals surface area contributed by atoms with Gasteiger partial charge in [-0.1, -0.05) is 0 Å². The Labute approximate surface area is 160 Å². The Morgan fingerprint density at radius 2 is 2.11 bits per heavy atom. The van der Waals surface area contributed by atoms with E-state index in [-0.39, 0.29) is 5.69 Å². The van der Waals surface area contributed by atoms with Gasteiger partial charge in [0.05, 0.1) is 11.8 Å². The number of hydrogen-bond acceptors (Lipinski definition) is 6. The van der Waals surface area contributed by atoms with Gasteiger partial charge in [-0.05, 0) is 47.5 Å². The third kappa shape index (κ3) is 4.75. The van der Waals surface area contributed by atoms with Crippen LogP contribution in [-0.4, -0.2) is 37.1 Å². The van der Waals surface area contributed by atoms with Crippen LogP contribution in [0.15, 0.2) is 60.1 Å². The molecule has 0 aliphatic carbocycles. The van der Waals surface area contributed by atoms with E-state index < -0.39 is 5.97 Å².